The lowest BCUT2D eigenvalue weighted by molar-refractivity contribution is -0.115. The molecule has 1 amide bonds. The van der Waals surface area contributed by atoms with Gasteiger partial charge >= 0.3 is 0 Å². The molecule has 1 atom stereocenters. The molecular weight excluding hydrogens is 416 g/mol. The number of aryl methyl sites for hydroxylation is 2. The van der Waals surface area contributed by atoms with Gasteiger partial charge in [0.1, 0.15) is 0 Å². The van der Waals surface area contributed by atoms with Crippen LogP contribution in [0.25, 0.3) is 16.9 Å². The largest absolute Gasteiger partial charge is 0.301 e. The van der Waals surface area contributed by atoms with Crippen LogP contribution in [0.2, 0.25) is 0 Å². The van der Waals surface area contributed by atoms with Crippen LogP contribution in [-0.2, 0) is 4.79 Å². The maximum atomic E-state index is 12.7. The van der Waals surface area contributed by atoms with Crippen molar-refractivity contribution in [2.24, 2.45) is 0 Å². The van der Waals surface area contributed by atoms with Crippen molar-refractivity contribution in [2.45, 2.75) is 31.2 Å². The quantitative estimate of drug-likeness (QED) is 0.447. The highest BCUT2D eigenvalue weighted by molar-refractivity contribution is 8.00. The number of benzene rings is 2. The SMILES string of the molecule is Cc1ccc(C)c(-n2nnnc2S[C@@H](C)C(=O)Nc2nc(-c3ccccc3)cs2)c1. The summed E-state index contributed by atoms with van der Waals surface area (Å²) in [5.41, 5.74) is 4.94. The zero-order valence-electron chi connectivity index (χ0n) is 16.7. The molecule has 0 radical (unpaired) electrons. The number of thioether (sulfide) groups is 1. The first kappa shape index (κ1) is 20.2. The van der Waals surface area contributed by atoms with E-state index in [0.717, 1.165) is 28.1 Å². The molecule has 0 spiro atoms. The van der Waals surface area contributed by atoms with Gasteiger partial charge in [-0.15, -0.1) is 16.4 Å². The van der Waals surface area contributed by atoms with Crippen LogP contribution in [0.5, 0.6) is 0 Å². The fraction of sp³-hybridized carbons (Fsp3) is 0.190. The molecule has 7 nitrogen and oxygen atoms in total. The second-order valence-electron chi connectivity index (χ2n) is 6.82. The topological polar surface area (TPSA) is 85.6 Å². The van der Waals surface area contributed by atoms with Crippen molar-refractivity contribution in [1.82, 2.24) is 25.2 Å². The van der Waals surface area contributed by atoms with Gasteiger partial charge in [-0.3, -0.25) is 4.79 Å². The minimum atomic E-state index is -0.399. The molecule has 30 heavy (non-hydrogen) atoms. The average Bonchev–Trinajstić information content (AvgIpc) is 3.40. The summed E-state index contributed by atoms with van der Waals surface area (Å²) in [6.45, 7) is 5.86. The van der Waals surface area contributed by atoms with Crippen LogP contribution in [0.4, 0.5) is 5.13 Å². The minimum absolute atomic E-state index is 0.149. The molecule has 9 heteroatoms. The Morgan fingerprint density at radius 3 is 2.77 bits per heavy atom. The van der Waals surface area contributed by atoms with Crippen LogP contribution < -0.4 is 5.32 Å². The van der Waals surface area contributed by atoms with Gasteiger partial charge in [-0.2, -0.15) is 4.68 Å². The molecule has 0 saturated carbocycles. The van der Waals surface area contributed by atoms with Gasteiger partial charge in [0.15, 0.2) is 5.13 Å². The standard InChI is InChI=1S/C21H20N6OS2/c1-13-9-10-14(2)18(11-13)27-21(24-25-26-27)30-15(3)19(28)23-20-22-17(12-29-20)16-7-5-4-6-8-16/h4-12,15H,1-3H3,(H,22,23,28)/t15-/m0/s1. The van der Waals surface area contributed by atoms with E-state index in [1.807, 2.05) is 74.7 Å². The number of rotatable bonds is 6. The Bertz CT molecular complexity index is 1170. The van der Waals surface area contributed by atoms with Gasteiger partial charge in [-0.05, 0) is 48.4 Å². The number of thiazole rings is 1. The van der Waals surface area contributed by atoms with Crippen molar-refractivity contribution in [3.05, 3.63) is 65.0 Å². The highest BCUT2D eigenvalue weighted by Gasteiger charge is 2.21. The monoisotopic (exact) mass is 436 g/mol. The molecule has 4 aromatic rings. The predicted molar refractivity (Wildman–Crippen MR) is 120 cm³/mol. The number of aromatic nitrogens is 5. The summed E-state index contributed by atoms with van der Waals surface area (Å²) in [5, 5.41) is 17.6. The average molecular weight is 437 g/mol. The van der Waals surface area contributed by atoms with E-state index < -0.39 is 5.25 Å². The maximum Gasteiger partial charge on any atom is 0.239 e. The van der Waals surface area contributed by atoms with Gasteiger partial charge in [0.05, 0.1) is 16.6 Å². The lowest BCUT2D eigenvalue weighted by Crippen LogP contribution is -2.22. The van der Waals surface area contributed by atoms with Crippen molar-refractivity contribution < 1.29 is 4.79 Å². The van der Waals surface area contributed by atoms with Crippen LogP contribution in [0, 0.1) is 13.8 Å². The summed E-state index contributed by atoms with van der Waals surface area (Å²) >= 11 is 2.71. The van der Waals surface area contributed by atoms with Gasteiger partial charge in [0, 0.05) is 10.9 Å². The number of anilines is 1. The summed E-state index contributed by atoms with van der Waals surface area (Å²) in [6, 6.07) is 16.0. The van der Waals surface area contributed by atoms with Crippen LogP contribution in [0.1, 0.15) is 18.1 Å². The van der Waals surface area contributed by atoms with Crippen molar-refractivity contribution in [2.75, 3.05) is 5.32 Å². The highest BCUT2D eigenvalue weighted by Crippen LogP contribution is 2.28. The molecule has 0 saturated heterocycles. The normalized spacial score (nSPS) is 12.0. The van der Waals surface area contributed by atoms with E-state index in [2.05, 4.69) is 25.8 Å². The van der Waals surface area contributed by atoms with Crippen molar-refractivity contribution >= 4 is 34.1 Å². The van der Waals surface area contributed by atoms with Gasteiger partial charge in [-0.1, -0.05) is 54.2 Å². The lowest BCUT2D eigenvalue weighted by Gasteiger charge is -2.12. The van der Waals surface area contributed by atoms with E-state index in [1.165, 1.54) is 23.1 Å². The van der Waals surface area contributed by atoms with E-state index in [9.17, 15) is 4.79 Å². The molecule has 0 aliphatic heterocycles. The third kappa shape index (κ3) is 4.42. The van der Waals surface area contributed by atoms with Crippen LogP contribution in [0.3, 0.4) is 0 Å². The molecule has 0 aliphatic carbocycles. The van der Waals surface area contributed by atoms with E-state index in [-0.39, 0.29) is 5.91 Å². The number of hydrogen-bond donors (Lipinski definition) is 1. The molecule has 0 fully saturated rings. The Morgan fingerprint density at radius 2 is 1.97 bits per heavy atom. The van der Waals surface area contributed by atoms with Crippen molar-refractivity contribution in [3.8, 4) is 16.9 Å². The number of carbonyl (C=O) groups is 1. The highest BCUT2D eigenvalue weighted by atomic mass is 32.2. The Balaban J connectivity index is 1.46. The van der Waals surface area contributed by atoms with Gasteiger partial charge in [0.25, 0.3) is 0 Å². The van der Waals surface area contributed by atoms with Gasteiger partial charge < -0.3 is 5.32 Å². The second-order valence-corrected chi connectivity index (χ2v) is 8.98. The fourth-order valence-corrected chi connectivity index (χ4v) is 4.37. The number of carbonyl (C=O) groups excluding carboxylic acids is 1. The van der Waals surface area contributed by atoms with E-state index in [1.54, 1.807) is 4.68 Å². The molecule has 2 heterocycles. The molecule has 0 aliphatic rings. The van der Waals surface area contributed by atoms with Crippen LogP contribution >= 0.6 is 23.1 Å². The molecule has 2 aromatic heterocycles. The number of hydrogen-bond acceptors (Lipinski definition) is 7. The van der Waals surface area contributed by atoms with Crippen molar-refractivity contribution in [1.29, 1.82) is 0 Å². The zero-order valence-corrected chi connectivity index (χ0v) is 18.4. The molecule has 2 aromatic carbocycles. The fourth-order valence-electron chi connectivity index (χ4n) is 2.84. The first-order valence-corrected chi connectivity index (χ1v) is 11.1. The minimum Gasteiger partial charge on any atom is -0.301 e. The molecule has 152 valence electrons. The van der Waals surface area contributed by atoms with Crippen LogP contribution in [0.15, 0.2) is 59.1 Å². The summed E-state index contributed by atoms with van der Waals surface area (Å²) in [6.07, 6.45) is 0. The number of nitrogens with one attached hydrogen (secondary N) is 1. The number of tetrazole rings is 1. The molecular formula is C21H20N6OS2. The van der Waals surface area contributed by atoms with E-state index in [0.29, 0.717) is 10.3 Å². The Kier molecular flexibility index (Phi) is 5.91. The predicted octanol–water partition coefficient (Wildman–Crippen LogP) is 4.52. The molecule has 0 unspecified atom stereocenters. The number of amides is 1. The third-order valence-corrected chi connectivity index (χ3v) is 6.28. The van der Waals surface area contributed by atoms with Gasteiger partial charge in [-0.25, -0.2) is 4.98 Å². The van der Waals surface area contributed by atoms with Crippen LogP contribution in [-0.4, -0.2) is 36.3 Å². The molecule has 4 rings (SSSR count). The van der Waals surface area contributed by atoms with E-state index >= 15 is 0 Å². The Hall–Kier alpha value is -3.04. The lowest BCUT2D eigenvalue weighted by atomic mass is 10.1. The summed E-state index contributed by atoms with van der Waals surface area (Å²) < 4.78 is 1.67. The van der Waals surface area contributed by atoms with Crippen molar-refractivity contribution in [3.63, 3.8) is 0 Å². The maximum absolute atomic E-state index is 12.7. The Morgan fingerprint density at radius 1 is 1.17 bits per heavy atom. The summed E-state index contributed by atoms with van der Waals surface area (Å²) in [5.74, 6) is -0.149. The smallest absolute Gasteiger partial charge is 0.239 e. The van der Waals surface area contributed by atoms with E-state index in [4.69, 9.17) is 0 Å². The summed E-state index contributed by atoms with van der Waals surface area (Å²) in [7, 11) is 0. The zero-order chi connectivity index (χ0) is 21.1. The third-order valence-electron chi connectivity index (χ3n) is 4.49. The molecule has 1 N–H and O–H groups in total. The van der Waals surface area contributed by atoms with Gasteiger partial charge in [0.2, 0.25) is 11.1 Å². The second kappa shape index (κ2) is 8.76. The first-order chi connectivity index (χ1) is 14.5. The first-order valence-electron chi connectivity index (χ1n) is 9.36. The number of nitrogens with zero attached hydrogens (tertiary/aromatic N) is 5. The molecule has 0 bridgehead atoms. The summed E-state index contributed by atoms with van der Waals surface area (Å²) in [4.78, 5) is 17.2. The Labute approximate surface area is 182 Å².